The molecule has 108 valence electrons. The molecule has 2 unspecified atom stereocenters. The smallest absolute Gasteiger partial charge is 0.241 e. The van der Waals surface area contributed by atoms with Gasteiger partial charge in [-0.15, -0.1) is 0 Å². The van der Waals surface area contributed by atoms with Gasteiger partial charge in [-0.25, -0.2) is 13.1 Å². The van der Waals surface area contributed by atoms with Crippen LogP contribution in [0, 0.1) is 24.2 Å². The van der Waals surface area contributed by atoms with Crippen LogP contribution >= 0.6 is 0 Å². The molecular weight excluding hydrogens is 274 g/mol. The number of hydrogen-bond donors (Lipinski definition) is 2. The van der Waals surface area contributed by atoms with Crippen LogP contribution < -0.4 is 10.5 Å². The Kier molecular flexibility index (Phi) is 4.43. The molecule has 0 spiro atoms. The molecule has 2 rings (SSSR count). The number of rotatable bonds is 4. The summed E-state index contributed by atoms with van der Waals surface area (Å²) in [5, 5.41) is 8.90. The third-order valence-corrected chi connectivity index (χ3v) is 5.51. The highest BCUT2D eigenvalue weighted by atomic mass is 32.2. The molecule has 1 aromatic rings. The Morgan fingerprint density at radius 2 is 2.20 bits per heavy atom. The molecule has 0 saturated heterocycles. The fourth-order valence-electron chi connectivity index (χ4n) is 2.70. The van der Waals surface area contributed by atoms with Gasteiger partial charge in [0, 0.05) is 6.04 Å². The molecule has 1 fully saturated rings. The zero-order valence-corrected chi connectivity index (χ0v) is 12.3. The molecule has 0 amide bonds. The first-order chi connectivity index (χ1) is 9.47. The quantitative estimate of drug-likeness (QED) is 0.873. The van der Waals surface area contributed by atoms with Crippen molar-refractivity contribution in [1.29, 1.82) is 5.26 Å². The molecule has 0 heterocycles. The summed E-state index contributed by atoms with van der Waals surface area (Å²) in [5.74, 6) is 0.198. The number of nitrogens with two attached hydrogens (primary N) is 1. The SMILES string of the molecule is Cc1ccc(C#N)cc1S(=O)(=O)NC1CCCC1CN. The van der Waals surface area contributed by atoms with Crippen molar-refractivity contribution in [3.8, 4) is 6.07 Å². The fraction of sp³-hybridized carbons (Fsp3) is 0.500. The molecule has 0 bridgehead atoms. The molecular formula is C14H19N3O2S. The van der Waals surface area contributed by atoms with Crippen LogP contribution in [0.4, 0.5) is 0 Å². The second-order valence-corrected chi connectivity index (χ2v) is 6.93. The number of nitriles is 1. The number of sulfonamides is 1. The number of nitrogens with one attached hydrogen (secondary N) is 1. The van der Waals surface area contributed by atoms with E-state index >= 15 is 0 Å². The lowest BCUT2D eigenvalue weighted by Crippen LogP contribution is -2.40. The molecule has 3 N–H and O–H groups in total. The van der Waals surface area contributed by atoms with E-state index in [2.05, 4.69) is 4.72 Å². The second kappa shape index (κ2) is 5.92. The van der Waals surface area contributed by atoms with E-state index in [-0.39, 0.29) is 16.9 Å². The van der Waals surface area contributed by atoms with Crippen molar-refractivity contribution in [3.05, 3.63) is 29.3 Å². The zero-order valence-electron chi connectivity index (χ0n) is 11.5. The molecule has 20 heavy (non-hydrogen) atoms. The van der Waals surface area contributed by atoms with E-state index < -0.39 is 10.0 Å². The predicted octanol–water partition coefficient (Wildman–Crippen LogP) is 1.27. The Morgan fingerprint density at radius 1 is 1.45 bits per heavy atom. The van der Waals surface area contributed by atoms with Gasteiger partial charge in [0.25, 0.3) is 0 Å². The molecule has 1 aromatic carbocycles. The Morgan fingerprint density at radius 3 is 2.85 bits per heavy atom. The summed E-state index contributed by atoms with van der Waals surface area (Å²) in [6, 6.07) is 6.56. The standard InChI is InChI=1S/C14H19N3O2S/c1-10-5-6-11(8-15)7-14(10)20(18,19)17-13-4-2-3-12(13)9-16/h5-7,12-13,17H,2-4,9,16H2,1H3. The van der Waals surface area contributed by atoms with Crippen molar-refractivity contribution >= 4 is 10.0 Å². The van der Waals surface area contributed by atoms with Crippen molar-refractivity contribution in [2.75, 3.05) is 6.54 Å². The fourth-order valence-corrected chi connectivity index (χ4v) is 4.31. The molecule has 1 aliphatic carbocycles. The highest BCUT2D eigenvalue weighted by Crippen LogP contribution is 2.27. The Labute approximate surface area is 119 Å². The summed E-state index contributed by atoms with van der Waals surface area (Å²) < 4.78 is 27.7. The van der Waals surface area contributed by atoms with Crippen LogP contribution in [0.5, 0.6) is 0 Å². The Bertz CT molecular complexity index is 634. The number of hydrogen-bond acceptors (Lipinski definition) is 4. The molecule has 0 aromatic heterocycles. The summed E-state index contributed by atoms with van der Waals surface area (Å²) in [7, 11) is -3.61. The molecule has 6 heteroatoms. The lowest BCUT2D eigenvalue weighted by Gasteiger charge is -2.20. The highest BCUT2D eigenvalue weighted by Gasteiger charge is 2.30. The number of benzene rings is 1. The van der Waals surface area contributed by atoms with Crippen LogP contribution in [-0.4, -0.2) is 21.0 Å². The number of nitrogens with zero attached hydrogens (tertiary/aromatic N) is 1. The summed E-state index contributed by atoms with van der Waals surface area (Å²) in [6.07, 6.45) is 2.77. The summed E-state index contributed by atoms with van der Waals surface area (Å²) in [4.78, 5) is 0.180. The third-order valence-electron chi connectivity index (χ3n) is 3.88. The average Bonchev–Trinajstić information content (AvgIpc) is 2.85. The maximum Gasteiger partial charge on any atom is 0.241 e. The van der Waals surface area contributed by atoms with Crippen molar-refractivity contribution in [2.45, 2.75) is 37.1 Å². The summed E-state index contributed by atoms with van der Waals surface area (Å²) in [6.45, 7) is 2.22. The highest BCUT2D eigenvalue weighted by molar-refractivity contribution is 7.89. The lowest BCUT2D eigenvalue weighted by atomic mass is 10.1. The maximum atomic E-state index is 12.5. The Hall–Kier alpha value is -1.42. The molecule has 0 radical (unpaired) electrons. The largest absolute Gasteiger partial charge is 0.330 e. The van der Waals surface area contributed by atoms with E-state index in [0.717, 1.165) is 19.3 Å². The van der Waals surface area contributed by atoms with Gasteiger partial charge in [-0.3, -0.25) is 0 Å². The molecule has 0 aliphatic heterocycles. The number of aryl methyl sites for hydroxylation is 1. The minimum Gasteiger partial charge on any atom is -0.330 e. The molecule has 2 atom stereocenters. The van der Waals surface area contributed by atoms with Crippen LogP contribution in [-0.2, 0) is 10.0 Å². The minimum atomic E-state index is -3.61. The predicted molar refractivity (Wildman–Crippen MR) is 76.4 cm³/mol. The van der Waals surface area contributed by atoms with Crippen molar-refractivity contribution in [1.82, 2.24) is 4.72 Å². The molecule has 1 saturated carbocycles. The maximum absolute atomic E-state index is 12.5. The van der Waals surface area contributed by atoms with Crippen LogP contribution in [0.25, 0.3) is 0 Å². The van der Waals surface area contributed by atoms with Gasteiger partial charge < -0.3 is 5.73 Å². The van der Waals surface area contributed by atoms with Gasteiger partial charge in [0.1, 0.15) is 0 Å². The van der Waals surface area contributed by atoms with E-state index in [1.807, 2.05) is 6.07 Å². The van der Waals surface area contributed by atoms with Gasteiger partial charge in [0.05, 0.1) is 16.5 Å². The van der Waals surface area contributed by atoms with Crippen molar-refractivity contribution in [2.24, 2.45) is 11.7 Å². The van der Waals surface area contributed by atoms with Crippen molar-refractivity contribution in [3.63, 3.8) is 0 Å². The van der Waals surface area contributed by atoms with Gasteiger partial charge in [-0.1, -0.05) is 12.5 Å². The van der Waals surface area contributed by atoms with Gasteiger partial charge >= 0.3 is 0 Å². The monoisotopic (exact) mass is 293 g/mol. The molecule has 1 aliphatic rings. The van der Waals surface area contributed by atoms with E-state index in [4.69, 9.17) is 11.0 Å². The van der Waals surface area contributed by atoms with Crippen LogP contribution in [0.3, 0.4) is 0 Å². The Balaban J connectivity index is 2.29. The van der Waals surface area contributed by atoms with Crippen LogP contribution in [0.1, 0.15) is 30.4 Å². The van der Waals surface area contributed by atoms with E-state index in [0.29, 0.717) is 17.7 Å². The van der Waals surface area contributed by atoms with E-state index in [1.54, 1.807) is 19.1 Å². The zero-order chi connectivity index (χ0) is 14.8. The first-order valence-electron chi connectivity index (χ1n) is 6.71. The van der Waals surface area contributed by atoms with Crippen LogP contribution in [0.2, 0.25) is 0 Å². The summed E-state index contributed by atoms with van der Waals surface area (Å²) in [5.41, 5.74) is 6.66. The van der Waals surface area contributed by atoms with Crippen LogP contribution in [0.15, 0.2) is 23.1 Å². The third kappa shape index (κ3) is 3.01. The normalized spacial score (nSPS) is 22.6. The van der Waals surface area contributed by atoms with Gasteiger partial charge in [0.15, 0.2) is 0 Å². The first kappa shape index (κ1) is 15.0. The van der Waals surface area contributed by atoms with Crippen molar-refractivity contribution < 1.29 is 8.42 Å². The summed E-state index contributed by atoms with van der Waals surface area (Å²) >= 11 is 0. The topological polar surface area (TPSA) is 96.0 Å². The van der Waals surface area contributed by atoms with Gasteiger partial charge in [-0.2, -0.15) is 5.26 Å². The van der Waals surface area contributed by atoms with Gasteiger partial charge in [-0.05, 0) is 49.9 Å². The van der Waals surface area contributed by atoms with E-state index in [9.17, 15) is 8.42 Å². The lowest BCUT2D eigenvalue weighted by molar-refractivity contribution is 0.452. The minimum absolute atomic E-state index is 0.102. The molecule has 5 nitrogen and oxygen atoms in total. The first-order valence-corrected chi connectivity index (χ1v) is 8.19. The second-order valence-electron chi connectivity index (χ2n) is 5.25. The van der Waals surface area contributed by atoms with E-state index in [1.165, 1.54) is 6.07 Å². The van der Waals surface area contributed by atoms with Gasteiger partial charge in [0.2, 0.25) is 10.0 Å². The average molecular weight is 293 g/mol.